The van der Waals surface area contributed by atoms with Crippen LogP contribution >= 0.6 is 12.2 Å². The first-order valence-electron chi connectivity index (χ1n) is 7.34. The predicted molar refractivity (Wildman–Crippen MR) is 82.5 cm³/mol. The summed E-state index contributed by atoms with van der Waals surface area (Å²) >= 11 is 5.45. The number of H-pyrrole nitrogens is 1. The van der Waals surface area contributed by atoms with Gasteiger partial charge in [0, 0.05) is 62.9 Å². The second-order valence-corrected chi connectivity index (χ2v) is 6.36. The van der Waals surface area contributed by atoms with Gasteiger partial charge in [-0.25, -0.2) is 4.98 Å². The van der Waals surface area contributed by atoms with E-state index in [4.69, 9.17) is 12.2 Å². The number of piperazine rings is 1. The van der Waals surface area contributed by atoms with E-state index in [1.165, 1.54) is 11.3 Å². The molecule has 1 atom stereocenters. The molecule has 0 bridgehead atoms. The van der Waals surface area contributed by atoms with E-state index < -0.39 is 0 Å². The molecular weight excluding hydrogens is 270 g/mol. The van der Waals surface area contributed by atoms with Gasteiger partial charge < -0.3 is 20.1 Å². The third-order valence-electron chi connectivity index (χ3n) is 4.42. The molecule has 0 aromatic carbocycles. The van der Waals surface area contributed by atoms with Crippen molar-refractivity contribution >= 4 is 12.2 Å². The molecular formula is C14H23N5S. The highest BCUT2D eigenvalue weighted by molar-refractivity contribution is 7.71. The average Bonchev–Trinajstić information content (AvgIpc) is 2.43. The Hall–Kier alpha value is -0.820. The lowest BCUT2D eigenvalue weighted by atomic mass is 10.1. The number of rotatable bonds is 2. The molecule has 0 aliphatic carbocycles. The Kier molecular flexibility index (Phi) is 4.16. The molecule has 110 valence electrons. The molecule has 1 saturated heterocycles. The zero-order chi connectivity index (χ0) is 14.1. The molecule has 0 saturated carbocycles. The molecule has 3 heterocycles. The predicted octanol–water partition coefficient (Wildman–Crippen LogP) is 0.573. The smallest absolute Gasteiger partial charge is 0.134 e. The fourth-order valence-corrected chi connectivity index (χ4v) is 3.37. The van der Waals surface area contributed by atoms with E-state index in [0.29, 0.717) is 6.04 Å². The van der Waals surface area contributed by atoms with E-state index in [0.717, 1.165) is 56.0 Å². The highest BCUT2D eigenvalue weighted by Gasteiger charge is 2.23. The van der Waals surface area contributed by atoms with Crippen LogP contribution in [0.5, 0.6) is 0 Å². The van der Waals surface area contributed by atoms with Gasteiger partial charge in [-0.1, -0.05) is 12.2 Å². The Labute approximate surface area is 125 Å². The molecule has 2 aliphatic rings. The van der Waals surface area contributed by atoms with E-state index in [1.54, 1.807) is 0 Å². The van der Waals surface area contributed by atoms with Crippen molar-refractivity contribution in [3.05, 3.63) is 21.7 Å². The minimum absolute atomic E-state index is 0.520. The van der Waals surface area contributed by atoms with Crippen LogP contribution < -0.4 is 5.32 Å². The van der Waals surface area contributed by atoms with Crippen LogP contribution in [-0.2, 0) is 19.4 Å². The van der Waals surface area contributed by atoms with Crippen molar-refractivity contribution in [2.24, 2.45) is 0 Å². The second-order valence-electron chi connectivity index (χ2n) is 5.97. The zero-order valence-electron chi connectivity index (χ0n) is 12.3. The first kappa shape index (κ1) is 14.1. The maximum Gasteiger partial charge on any atom is 0.134 e. The van der Waals surface area contributed by atoms with Gasteiger partial charge >= 0.3 is 0 Å². The van der Waals surface area contributed by atoms with E-state index in [-0.39, 0.29) is 0 Å². The Balaban J connectivity index is 1.80. The van der Waals surface area contributed by atoms with Crippen LogP contribution in [0.2, 0.25) is 0 Å². The number of aromatic amines is 1. The Bertz CT molecular complexity index is 541. The van der Waals surface area contributed by atoms with E-state index in [2.05, 4.69) is 39.2 Å². The lowest BCUT2D eigenvalue weighted by molar-refractivity contribution is 0.113. The standard InChI is InChI=1S/C14H23N5S/c1-18-5-6-19(2)10(9-18)7-13-16-12-3-4-15-8-11(12)14(20)17-13/h10,15H,3-9H2,1-2H3,(H,16,17,20). The van der Waals surface area contributed by atoms with Gasteiger partial charge in [0.1, 0.15) is 10.5 Å². The van der Waals surface area contributed by atoms with Crippen molar-refractivity contribution < 1.29 is 0 Å². The van der Waals surface area contributed by atoms with Crippen molar-refractivity contribution in [1.82, 2.24) is 25.1 Å². The number of likely N-dealkylation sites (N-methyl/N-ethyl adjacent to an activating group) is 2. The Morgan fingerprint density at radius 3 is 3.05 bits per heavy atom. The summed E-state index contributed by atoms with van der Waals surface area (Å²) in [5.41, 5.74) is 2.47. The molecule has 1 fully saturated rings. The molecule has 6 heteroatoms. The minimum Gasteiger partial charge on any atom is -0.347 e. The summed E-state index contributed by atoms with van der Waals surface area (Å²) < 4.78 is 0.771. The first-order chi connectivity index (χ1) is 9.63. The number of nitrogens with one attached hydrogen (secondary N) is 2. The van der Waals surface area contributed by atoms with Crippen molar-refractivity contribution in [3.8, 4) is 0 Å². The Morgan fingerprint density at radius 1 is 1.35 bits per heavy atom. The minimum atomic E-state index is 0.520. The van der Waals surface area contributed by atoms with Gasteiger partial charge in [-0.15, -0.1) is 0 Å². The van der Waals surface area contributed by atoms with E-state index in [9.17, 15) is 0 Å². The largest absolute Gasteiger partial charge is 0.347 e. The van der Waals surface area contributed by atoms with Gasteiger partial charge in [0.2, 0.25) is 0 Å². The molecule has 0 radical (unpaired) electrons. The summed E-state index contributed by atoms with van der Waals surface area (Å²) in [4.78, 5) is 13.0. The van der Waals surface area contributed by atoms with Gasteiger partial charge in [-0.2, -0.15) is 0 Å². The SMILES string of the molecule is CN1CCN(C)C(Cc2nc(=S)c3c([nH]2)CCNC3)C1. The maximum atomic E-state index is 5.45. The molecule has 2 aliphatic heterocycles. The summed E-state index contributed by atoms with van der Waals surface area (Å²) in [6, 6.07) is 0.520. The summed E-state index contributed by atoms with van der Waals surface area (Å²) in [5.74, 6) is 1.04. The highest BCUT2D eigenvalue weighted by atomic mass is 32.1. The topological polar surface area (TPSA) is 47.2 Å². The monoisotopic (exact) mass is 293 g/mol. The van der Waals surface area contributed by atoms with E-state index >= 15 is 0 Å². The van der Waals surface area contributed by atoms with Crippen LogP contribution in [0.15, 0.2) is 0 Å². The number of nitrogens with zero attached hydrogens (tertiary/aromatic N) is 3. The second kappa shape index (κ2) is 5.89. The first-order valence-corrected chi connectivity index (χ1v) is 7.75. The number of hydrogen-bond donors (Lipinski definition) is 2. The van der Waals surface area contributed by atoms with Crippen LogP contribution in [0.1, 0.15) is 17.1 Å². The maximum absolute atomic E-state index is 5.45. The Morgan fingerprint density at radius 2 is 2.20 bits per heavy atom. The van der Waals surface area contributed by atoms with Gasteiger partial charge in [-0.05, 0) is 14.1 Å². The van der Waals surface area contributed by atoms with Crippen LogP contribution in [0.25, 0.3) is 0 Å². The third-order valence-corrected chi connectivity index (χ3v) is 4.75. The van der Waals surface area contributed by atoms with Gasteiger partial charge in [0.25, 0.3) is 0 Å². The number of fused-ring (bicyclic) bond motifs is 1. The lowest BCUT2D eigenvalue weighted by Crippen LogP contribution is -2.51. The molecule has 2 N–H and O–H groups in total. The summed E-state index contributed by atoms with van der Waals surface area (Å²) in [7, 11) is 4.39. The van der Waals surface area contributed by atoms with Crippen LogP contribution in [0.4, 0.5) is 0 Å². The molecule has 1 aromatic heterocycles. The van der Waals surface area contributed by atoms with Crippen LogP contribution in [0, 0.1) is 4.64 Å². The van der Waals surface area contributed by atoms with Crippen LogP contribution in [-0.4, -0.2) is 66.1 Å². The van der Waals surface area contributed by atoms with Crippen molar-refractivity contribution in [3.63, 3.8) is 0 Å². The zero-order valence-corrected chi connectivity index (χ0v) is 13.1. The molecule has 1 unspecified atom stereocenters. The molecule has 0 spiro atoms. The van der Waals surface area contributed by atoms with E-state index in [1.807, 2.05) is 0 Å². The summed E-state index contributed by atoms with van der Waals surface area (Å²) in [6.45, 7) is 5.23. The van der Waals surface area contributed by atoms with Gasteiger partial charge in [0.05, 0.1) is 0 Å². The van der Waals surface area contributed by atoms with Crippen LogP contribution in [0.3, 0.4) is 0 Å². The normalized spacial score (nSPS) is 24.6. The van der Waals surface area contributed by atoms with Crippen molar-refractivity contribution in [2.75, 3.05) is 40.3 Å². The summed E-state index contributed by atoms with van der Waals surface area (Å²) in [5, 5.41) is 3.35. The number of hydrogen-bond acceptors (Lipinski definition) is 5. The molecule has 5 nitrogen and oxygen atoms in total. The molecule has 20 heavy (non-hydrogen) atoms. The van der Waals surface area contributed by atoms with Gasteiger partial charge in [-0.3, -0.25) is 0 Å². The molecule has 0 amide bonds. The quantitative estimate of drug-likeness (QED) is 0.781. The van der Waals surface area contributed by atoms with Crippen molar-refractivity contribution in [1.29, 1.82) is 0 Å². The number of aromatic nitrogens is 2. The lowest BCUT2D eigenvalue weighted by Gasteiger charge is -2.37. The summed E-state index contributed by atoms with van der Waals surface area (Å²) in [6.07, 6.45) is 1.97. The fourth-order valence-electron chi connectivity index (χ4n) is 3.06. The van der Waals surface area contributed by atoms with Crippen molar-refractivity contribution in [2.45, 2.75) is 25.4 Å². The fraction of sp³-hybridized carbons (Fsp3) is 0.714. The molecule has 1 aromatic rings. The highest BCUT2D eigenvalue weighted by Crippen LogP contribution is 2.15. The van der Waals surface area contributed by atoms with Gasteiger partial charge in [0.15, 0.2) is 0 Å². The third kappa shape index (κ3) is 2.93. The average molecular weight is 293 g/mol. The molecule has 3 rings (SSSR count).